The average Bonchev–Trinajstić information content (AvgIpc) is 2.42. The normalized spacial score (nSPS) is 5.88. The third kappa shape index (κ3) is 23.0. The van der Waals surface area contributed by atoms with Crippen molar-refractivity contribution in [3.63, 3.8) is 0 Å². The lowest BCUT2D eigenvalue weighted by Gasteiger charge is -1.90. The molecule has 0 fully saturated rings. The monoisotopic (exact) mass is 222 g/mol. The fraction of sp³-hybridized carbons (Fsp3) is 0.375. The van der Waals surface area contributed by atoms with Crippen molar-refractivity contribution in [2.75, 3.05) is 0 Å². The third-order valence-corrected chi connectivity index (χ3v) is 1.22. The first kappa shape index (κ1) is 24.1. The molecule has 0 radical (unpaired) electrons. The maximum absolute atomic E-state index is 3.00. The molecule has 0 heteroatoms. The van der Waals surface area contributed by atoms with Crippen LogP contribution in [0.2, 0.25) is 0 Å². The first-order chi connectivity index (χ1) is 7.79. The smallest absolute Gasteiger partial charge is 0.0398 e. The van der Waals surface area contributed by atoms with E-state index in [0.717, 1.165) is 0 Å². The van der Waals surface area contributed by atoms with E-state index in [4.69, 9.17) is 0 Å². The van der Waals surface area contributed by atoms with E-state index in [1.165, 1.54) is 11.1 Å². The molecule has 1 aromatic rings. The average molecular weight is 222 g/mol. The predicted octanol–water partition coefficient (Wildman–Crippen LogP) is 5.96. The fourth-order valence-electron chi connectivity index (χ4n) is 0.637. The van der Waals surface area contributed by atoms with Gasteiger partial charge in [-0.05, 0) is 13.8 Å². The van der Waals surface area contributed by atoms with Gasteiger partial charge in [0.15, 0.2) is 0 Å². The van der Waals surface area contributed by atoms with Crippen LogP contribution in [0.5, 0.6) is 0 Å². The molecule has 0 atom stereocenters. The van der Waals surface area contributed by atoms with E-state index in [9.17, 15) is 0 Å². The summed E-state index contributed by atoms with van der Waals surface area (Å²) in [7, 11) is 0. The zero-order valence-corrected chi connectivity index (χ0v) is 12.1. The van der Waals surface area contributed by atoms with Crippen molar-refractivity contribution in [2.24, 2.45) is 0 Å². The molecule has 0 saturated heterocycles. The second-order valence-corrected chi connectivity index (χ2v) is 2.15. The molecule has 0 unspecified atom stereocenters. The summed E-state index contributed by atoms with van der Waals surface area (Å²) < 4.78 is 0. The lowest BCUT2D eigenvalue weighted by atomic mass is 10.2. The van der Waals surface area contributed by atoms with E-state index in [0.29, 0.717) is 0 Å². The minimum absolute atomic E-state index is 1.33. The van der Waals surface area contributed by atoms with Crippen LogP contribution in [0.4, 0.5) is 0 Å². The van der Waals surface area contributed by atoms with Gasteiger partial charge in [-0.3, -0.25) is 0 Å². The SMILES string of the molecule is C=C.C=C.CC.CC.Cc1ccc(C)cc1. The van der Waals surface area contributed by atoms with Crippen LogP contribution in [0.25, 0.3) is 0 Å². The van der Waals surface area contributed by atoms with Gasteiger partial charge in [-0.2, -0.15) is 0 Å². The zero-order chi connectivity index (χ0) is 14.0. The fourth-order valence-corrected chi connectivity index (χ4v) is 0.637. The van der Waals surface area contributed by atoms with Crippen LogP contribution in [0.15, 0.2) is 50.6 Å². The molecule has 0 saturated carbocycles. The molecule has 0 aliphatic rings. The number of benzene rings is 1. The Bertz CT molecular complexity index is 161. The van der Waals surface area contributed by atoms with Crippen LogP contribution in [0.1, 0.15) is 38.8 Å². The second kappa shape index (κ2) is 29.2. The van der Waals surface area contributed by atoms with Crippen LogP contribution in [-0.4, -0.2) is 0 Å². The largest absolute Gasteiger partial charge is 0.106 e. The summed E-state index contributed by atoms with van der Waals surface area (Å²) in [6, 6.07) is 8.48. The summed E-state index contributed by atoms with van der Waals surface area (Å²) in [4.78, 5) is 0. The minimum atomic E-state index is 1.33. The second-order valence-electron chi connectivity index (χ2n) is 2.15. The molecule has 0 N–H and O–H groups in total. The van der Waals surface area contributed by atoms with Crippen LogP contribution < -0.4 is 0 Å². The van der Waals surface area contributed by atoms with E-state index >= 15 is 0 Å². The Morgan fingerprint density at radius 1 is 0.562 bits per heavy atom. The Kier molecular flexibility index (Phi) is 44.0. The number of aryl methyl sites for hydroxylation is 2. The molecule has 0 spiro atoms. The Balaban J connectivity index is -0.0000000771. The molecular formula is C16H30. The summed E-state index contributed by atoms with van der Waals surface area (Å²) in [5, 5.41) is 0. The van der Waals surface area contributed by atoms with E-state index < -0.39 is 0 Å². The Morgan fingerprint density at radius 2 is 0.688 bits per heavy atom. The van der Waals surface area contributed by atoms with Gasteiger partial charge in [0, 0.05) is 0 Å². The molecular weight excluding hydrogens is 192 g/mol. The highest BCUT2D eigenvalue weighted by molar-refractivity contribution is 5.19. The van der Waals surface area contributed by atoms with Crippen molar-refractivity contribution in [1.29, 1.82) is 0 Å². The molecule has 0 aliphatic carbocycles. The highest BCUT2D eigenvalue weighted by atomic mass is 13.9. The molecule has 0 aromatic heterocycles. The van der Waals surface area contributed by atoms with Crippen molar-refractivity contribution in [3.05, 3.63) is 61.7 Å². The van der Waals surface area contributed by atoms with E-state index in [2.05, 4.69) is 64.4 Å². The van der Waals surface area contributed by atoms with Gasteiger partial charge in [0.05, 0.1) is 0 Å². The molecule has 1 rings (SSSR count). The third-order valence-electron chi connectivity index (χ3n) is 1.22. The highest BCUT2D eigenvalue weighted by Gasteiger charge is 1.79. The van der Waals surface area contributed by atoms with Crippen LogP contribution in [-0.2, 0) is 0 Å². The first-order valence-electron chi connectivity index (χ1n) is 5.82. The van der Waals surface area contributed by atoms with Crippen molar-refractivity contribution in [2.45, 2.75) is 41.5 Å². The van der Waals surface area contributed by atoms with Gasteiger partial charge in [0.1, 0.15) is 0 Å². The molecule has 0 heterocycles. The van der Waals surface area contributed by atoms with Crippen molar-refractivity contribution in [1.82, 2.24) is 0 Å². The molecule has 94 valence electrons. The summed E-state index contributed by atoms with van der Waals surface area (Å²) in [6.07, 6.45) is 0. The molecule has 0 aliphatic heterocycles. The Morgan fingerprint density at radius 3 is 0.812 bits per heavy atom. The highest BCUT2D eigenvalue weighted by Crippen LogP contribution is 1.99. The maximum atomic E-state index is 3.00. The van der Waals surface area contributed by atoms with Crippen LogP contribution >= 0.6 is 0 Å². The predicted molar refractivity (Wildman–Crippen MR) is 81.1 cm³/mol. The molecule has 0 amide bonds. The number of hydrogen-bond acceptors (Lipinski definition) is 0. The molecule has 0 nitrogen and oxygen atoms in total. The van der Waals surface area contributed by atoms with Gasteiger partial charge in [-0.25, -0.2) is 0 Å². The number of rotatable bonds is 0. The van der Waals surface area contributed by atoms with E-state index in [-0.39, 0.29) is 0 Å². The van der Waals surface area contributed by atoms with Gasteiger partial charge in [-0.15, -0.1) is 26.3 Å². The quantitative estimate of drug-likeness (QED) is 0.475. The first-order valence-corrected chi connectivity index (χ1v) is 5.82. The van der Waals surface area contributed by atoms with Gasteiger partial charge in [0.2, 0.25) is 0 Å². The summed E-state index contributed by atoms with van der Waals surface area (Å²) in [5.74, 6) is 0. The maximum Gasteiger partial charge on any atom is -0.0398 e. The lowest BCUT2D eigenvalue weighted by Crippen LogP contribution is -1.70. The van der Waals surface area contributed by atoms with E-state index in [1.54, 1.807) is 0 Å². The van der Waals surface area contributed by atoms with Gasteiger partial charge < -0.3 is 0 Å². The lowest BCUT2D eigenvalue weighted by molar-refractivity contribution is 1.40. The topological polar surface area (TPSA) is 0 Å². The molecule has 16 heavy (non-hydrogen) atoms. The van der Waals surface area contributed by atoms with Crippen molar-refractivity contribution >= 4 is 0 Å². The Hall–Kier alpha value is -1.30. The zero-order valence-electron chi connectivity index (χ0n) is 12.1. The number of hydrogen-bond donors (Lipinski definition) is 0. The summed E-state index contributed by atoms with van der Waals surface area (Å²) in [5.41, 5.74) is 2.66. The van der Waals surface area contributed by atoms with Crippen LogP contribution in [0.3, 0.4) is 0 Å². The van der Waals surface area contributed by atoms with Gasteiger partial charge in [-0.1, -0.05) is 63.1 Å². The standard InChI is InChI=1S/C8H10.2C2H6.2C2H4/c1-7-3-5-8(2)6-4-7;4*1-2/h3-6H,1-2H3;2*1-2H3;2*1-2H2. The molecule has 1 aromatic carbocycles. The van der Waals surface area contributed by atoms with Crippen LogP contribution in [0, 0.1) is 13.8 Å². The van der Waals surface area contributed by atoms with Crippen molar-refractivity contribution < 1.29 is 0 Å². The van der Waals surface area contributed by atoms with Gasteiger partial charge in [0.25, 0.3) is 0 Å². The van der Waals surface area contributed by atoms with Crippen molar-refractivity contribution in [3.8, 4) is 0 Å². The van der Waals surface area contributed by atoms with E-state index in [1.807, 2.05) is 27.7 Å². The minimum Gasteiger partial charge on any atom is -0.106 e. The Labute approximate surface area is 104 Å². The summed E-state index contributed by atoms with van der Waals surface area (Å²) in [6.45, 7) is 24.2. The summed E-state index contributed by atoms with van der Waals surface area (Å²) >= 11 is 0. The van der Waals surface area contributed by atoms with Gasteiger partial charge >= 0.3 is 0 Å². The molecule has 0 bridgehead atoms.